The first kappa shape index (κ1) is 25.7. The van der Waals surface area contributed by atoms with E-state index in [9.17, 15) is 23.1 Å². The molecule has 178 valence electrons. The van der Waals surface area contributed by atoms with E-state index in [4.69, 9.17) is 9.26 Å². The first-order chi connectivity index (χ1) is 14.6. The van der Waals surface area contributed by atoms with Crippen LogP contribution in [0.5, 0.6) is 5.75 Å². The Morgan fingerprint density at radius 1 is 1.16 bits per heavy atom. The van der Waals surface area contributed by atoms with Crippen molar-refractivity contribution in [2.24, 2.45) is 4.99 Å². The third kappa shape index (κ3) is 6.98. The van der Waals surface area contributed by atoms with Gasteiger partial charge in [-0.15, -0.1) is 0 Å². The zero-order chi connectivity index (χ0) is 24.3. The van der Waals surface area contributed by atoms with Gasteiger partial charge in [0.2, 0.25) is 0 Å². The molecule has 0 fully saturated rings. The lowest BCUT2D eigenvalue weighted by Gasteiger charge is -2.19. The highest BCUT2D eigenvalue weighted by molar-refractivity contribution is 5.97. The molecule has 1 heterocycles. The number of hydrogen-bond donors (Lipinski definition) is 1. The van der Waals surface area contributed by atoms with Gasteiger partial charge in [-0.25, -0.2) is 0 Å². The van der Waals surface area contributed by atoms with Gasteiger partial charge in [-0.2, -0.15) is 22.9 Å². The summed E-state index contributed by atoms with van der Waals surface area (Å²) in [4.78, 5) is 17.1. The van der Waals surface area contributed by atoms with Crippen LogP contribution in [0.3, 0.4) is 0 Å². The number of aromatic nitrogens is 1. The lowest BCUT2D eigenvalue weighted by Crippen LogP contribution is -2.28. The van der Waals surface area contributed by atoms with Crippen LogP contribution >= 0.6 is 0 Å². The van der Waals surface area contributed by atoms with E-state index >= 15 is 0 Å². The summed E-state index contributed by atoms with van der Waals surface area (Å²) in [5.74, 6) is -0.385. The molecule has 0 radical (unpaired) electrons. The van der Waals surface area contributed by atoms with Gasteiger partial charge in [0.25, 0.3) is 5.91 Å². The number of carbonyl (C=O) groups excluding carboxylic acids is 1. The summed E-state index contributed by atoms with van der Waals surface area (Å²) in [5, 5.41) is 9.90. The molecule has 0 aliphatic heterocycles. The molecule has 1 aromatic heterocycles. The summed E-state index contributed by atoms with van der Waals surface area (Å²) in [5.41, 5.74) is -2.70. The second-order valence-corrected chi connectivity index (χ2v) is 9.39. The molecular weight excluding hydrogens is 425 g/mol. The van der Waals surface area contributed by atoms with Crippen LogP contribution in [-0.4, -0.2) is 28.0 Å². The number of aryl methyl sites for hydroxylation is 1. The van der Waals surface area contributed by atoms with Crippen molar-refractivity contribution in [2.45, 2.75) is 78.1 Å². The van der Waals surface area contributed by atoms with Crippen molar-refractivity contribution in [1.29, 1.82) is 0 Å². The summed E-state index contributed by atoms with van der Waals surface area (Å²) in [7, 11) is 0. The molecule has 2 aromatic rings. The number of nitrogens with zero attached hydrogens (tertiary/aromatic N) is 2. The third-order valence-electron chi connectivity index (χ3n) is 4.51. The zero-order valence-electron chi connectivity index (χ0n) is 19.3. The SMILES string of the molecule is CCCCn1oc(C(C)(C)C)c/c1=N\C(=O)c1cc(C(F)(F)F)ccc1OCC(C)(C)O. The number of amides is 1. The van der Waals surface area contributed by atoms with Gasteiger partial charge >= 0.3 is 6.18 Å². The number of ether oxygens (including phenoxy) is 1. The standard InChI is InChI=1S/C23H31F3N2O4/c1-7-8-11-28-19(13-18(32-28)21(2,3)4)27-20(29)16-12-15(23(24,25)26)9-10-17(16)31-14-22(5,6)30/h9-10,12-13,30H,7-8,11,14H2,1-6H3/b27-19+. The quantitative estimate of drug-likeness (QED) is 0.630. The van der Waals surface area contributed by atoms with Gasteiger partial charge in [0.05, 0.1) is 23.3 Å². The Balaban J connectivity index is 2.57. The third-order valence-corrected chi connectivity index (χ3v) is 4.51. The van der Waals surface area contributed by atoms with E-state index in [1.807, 2.05) is 27.7 Å². The molecule has 0 saturated carbocycles. The molecule has 0 aliphatic carbocycles. The fraction of sp³-hybridized carbons (Fsp3) is 0.565. The van der Waals surface area contributed by atoms with Crippen molar-refractivity contribution in [3.05, 3.63) is 46.6 Å². The molecule has 0 spiro atoms. The molecule has 2 rings (SSSR count). The van der Waals surface area contributed by atoms with E-state index in [2.05, 4.69) is 4.99 Å². The number of hydrogen-bond acceptors (Lipinski definition) is 4. The van der Waals surface area contributed by atoms with Gasteiger partial charge in [0.15, 0.2) is 5.49 Å². The average Bonchev–Trinajstić information content (AvgIpc) is 3.06. The van der Waals surface area contributed by atoms with Crippen LogP contribution in [0.2, 0.25) is 0 Å². The monoisotopic (exact) mass is 456 g/mol. The normalized spacial score (nSPS) is 13.5. The number of aliphatic hydroxyl groups is 1. The first-order valence-electron chi connectivity index (χ1n) is 10.5. The van der Waals surface area contributed by atoms with Crippen LogP contribution in [0.25, 0.3) is 0 Å². The topological polar surface area (TPSA) is 77.0 Å². The molecule has 9 heteroatoms. The average molecular weight is 457 g/mol. The minimum atomic E-state index is -4.64. The maximum absolute atomic E-state index is 13.3. The molecule has 1 N–H and O–H groups in total. The van der Waals surface area contributed by atoms with Crippen LogP contribution in [0.4, 0.5) is 13.2 Å². The molecule has 0 saturated heterocycles. The van der Waals surface area contributed by atoms with E-state index < -0.39 is 23.2 Å². The summed E-state index contributed by atoms with van der Waals surface area (Å²) >= 11 is 0. The Morgan fingerprint density at radius 3 is 2.34 bits per heavy atom. The summed E-state index contributed by atoms with van der Waals surface area (Å²) in [6.45, 7) is 11.1. The largest absolute Gasteiger partial charge is 0.490 e. The Morgan fingerprint density at radius 2 is 1.81 bits per heavy atom. The second kappa shape index (κ2) is 9.52. The van der Waals surface area contributed by atoms with Crippen LogP contribution < -0.4 is 10.2 Å². The van der Waals surface area contributed by atoms with Gasteiger partial charge in [0, 0.05) is 11.5 Å². The fourth-order valence-electron chi connectivity index (χ4n) is 2.70. The molecule has 0 aliphatic rings. The maximum Gasteiger partial charge on any atom is 0.416 e. The molecule has 0 unspecified atom stereocenters. The Hall–Kier alpha value is -2.55. The van der Waals surface area contributed by atoms with Crippen molar-refractivity contribution in [3.63, 3.8) is 0 Å². The minimum Gasteiger partial charge on any atom is -0.490 e. The van der Waals surface area contributed by atoms with Gasteiger partial charge in [-0.3, -0.25) is 4.79 Å². The summed E-state index contributed by atoms with van der Waals surface area (Å²) < 4.78 is 52.6. The highest BCUT2D eigenvalue weighted by Crippen LogP contribution is 2.33. The van der Waals surface area contributed by atoms with Crippen LogP contribution in [0.1, 0.15) is 76.1 Å². The summed E-state index contributed by atoms with van der Waals surface area (Å²) in [6, 6.07) is 4.23. The molecule has 0 atom stereocenters. The number of halogens is 3. The van der Waals surface area contributed by atoms with Gasteiger partial charge < -0.3 is 14.4 Å². The highest BCUT2D eigenvalue weighted by Gasteiger charge is 2.32. The fourth-order valence-corrected chi connectivity index (χ4v) is 2.70. The van der Waals surface area contributed by atoms with E-state index in [-0.39, 0.29) is 28.8 Å². The number of rotatable bonds is 7. The van der Waals surface area contributed by atoms with E-state index in [1.54, 1.807) is 6.07 Å². The summed E-state index contributed by atoms with van der Waals surface area (Å²) in [6.07, 6.45) is -2.98. The van der Waals surface area contributed by atoms with Crippen molar-refractivity contribution in [3.8, 4) is 5.75 Å². The number of carbonyl (C=O) groups is 1. The maximum atomic E-state index is 13.3. The van der Waals surface area contributed by atoms with Gasteiger partial charge in [0.1, 0.15) is 18.1 Å². The molecular formula is C23H31F3N2O4. The van der Waals surface area contributed by atoms with Crippen molar-refractivity contribution in [2.75, 3.05) is 6.61 Å². The Kier molecular flexibility index (Phi) is 7.65. The molecule has 6 nitrogen and oxygen atoms in total. The van der Waals surface area contributed by atoms with Crippen LogP contribution in [0.15, 0.2) is 33.8 Å². The number of benzene rings is 1. The second-order valence-electron chi connectivity index (χ2n) is 9.39. The molecule has 0 bridgehead atoms. The molecule has 32 heavy (non-hydrogen) atoms. The van der Waals surface area contributed by atoms with Crippen molar-refractivity contribution in [1.82, 2.24) is 4.74 Å². The van der Waals surface area contributed by atoms with E-state index in [0.29, 0.717) is 18.4 Å². The van der Waals surface area contributed by atoms with Crippen molar-refractivity contribution < 1.29 is 32.3 Å². The van der Waals surface area contributed by atoms with Crippen molar-refractivity contribution >= 4 is 5.91 Å². The van der Waals surface area contributed by atoms with E-state index in [1.165, 1.54) is 18.6 Å². The first-order valence-corrected chi connectivity index (χ1v) is 10.5. The van der Waals surface area contributed by atoms with Gasteiger partial charge in [-0.1, -0.05) is 34.1 Å². The minimum absolute atomic E-state index is 0.0893. The highest BCUT2D eigenvalue weighted by atomic mass is 19.4. The number of alkyl halides is 3. The predicted molar refractivity (Wildman–Crippen MR) is 113 cm³/mol. The zero-order valence-corrected chi connectivity index (χ0v) is 19.3. The lowest BCUT2D eigenvalue weighted by atomic mass is 9.94. The molecule has 1 aromatic carbocycles. The van der Waals surface area contributed by atoms with E-state index in [0.717, 1.165) is 25.0 Å². The van der Waals surface area contributed by atoms with Crippen LogP contribution in [0, 0.1) is 0 Å². The molecule has 1 amide bonds. The van der Waals surface area contributed by atoms with Crippen LogP contribution in [-0.2, 0) is 18.1 Å². The van der Waals surface area contributed by atoms with Gasteiger partial charge in [-0.05, 0) is 38.5 Å². The number of unbranched alkanes of at least 4 members (excludes halogenated alkanes) is 1. The smallest absolute Gasteiger partial charge is 0.416 e. The lowest BCUT2D eigenvalue weighted by molar-refractivity contribution is -0.137. The Bertz CT molecular complexity index is 1010. The Labute approximate surface area is 185 Å². The predicted octanol–water partition coefficient (Wildman–Crippen LogP) is 5.09.